The van der Waals surface area contributed by atoms with Crippen LogP contribution in [0, 0.1) is 6.92 Å². The van der Waals surface area contributed by atoms with Gasteiger partial charge in [-0.05, 0) is 44.0 Å². The third kappa shape index (κ3) is 3.48. The van der Waals surface area contributed by atoms with Crippen LogP contribution in [-0.4, -0.2) is 48.3 Å². The van der Waals surface area contributed by atoms with Crippen molar-refractivity contribution in [2.45, 2.75) is 38.5 Å². The standard InChI is InChI=1S/C19H25N3OS/c1-15-4-5-17(24-15)14-21-9-6-18-19(7-10-21)23-12-11-22(18)16-3-2-8-20-13-16/h2-5,8,13,18-19H,6-7,9-12,14H2,1H3/t18-,19+/m1/s1. The number of aryl methyl sites for hydroxylation is 1. The van der Waals surface area contributed by atoms with Crippen molar-refractivity contribution in [3.05, 3.63) is 46.4 Å². The number of nitrogens with zero attached hydrogens (tertiary/aromatic N) is 3. The lowest BCUT2D eigenvalue weighted by Gasteiger charge is -2.41. The highest BCUT2D eigenvalue weighted by Gasteiger charge is 2.34. The first kappa shape index (κ1) is 16.1. The van der Waals surface area contributed by atoms with Gasteiger partial charge in [0.15, 0.2) is 0 Å². The van der Waals surface area contributed by atoms with Gasteiger partial charge in [-0.1, -0.05) is 0 Å². The van der Waals surface area contributed by atoms with Gasteiger partial charge in [-0.25, -0.2) is 0 Å². The molecule has 2 aliphatic rings. The molecule has 2 atom stereocenters. The second kappa shape index (κ2) is 7.21. The molecular weight excluding hydrogens is 318 g/mol. The molecule has 0 N–H and O–H groups in total. The van der Waals surface area contributed by atoms with Crippen LogP contribution in [0.25, 0.3) is 0 Å². The quantitative estimate of drug-likeness (QED) is 0.855. The minimum Gasteiger partial charge on any atom is -0.374 e. The Balaban J connectivity index is 1.45. The summed E-state index contributed by atoms with van der Waals surface area (Å²) in [7, 11) is 0. The van der Waals surface area contributed by atoms with Gasteiger partial charge >= 0.3 is 0 Å². The minimum absolute atomic E-state index is 0.342. The monoisotopic (exact) mass is 343 g/mol. The molecule has 0 aromatic carbocycles. The molecule has 0 aliphatic carbocycles. The van der Waals surface area contributed by atoms with Crippen LogP contribution >= 0.6 is 11.3 Å². The summed E-state index contributed by atoms with van der Waals surface area (Å²) in [5.41, 5.74) is 1.23. The van der Waals surface area contributed by atoms with Crippen LogP contribution < -0.4 is 4.90 Å². The van der Waals surface area contributed by atoms with Crippen LogP contribution in [0.2, 0.25) is 0 Å². The number of likely N-dealkylation sites (tertiary alicyclic amines) is 1. The third-order valence-electron chi connectivity index (χ3n) is 5.12. The lowest BCUT2D eigenvalue weighted by atomic mass is 10.0. The molecule has 2 aliphatic heterocycles. The van der Waals surface area contributed by atoms with E-state index in [1.165, 1.54) is 15.4 Å². The summed E-state index contributed by atoms with van der Waals surface area (Å²) < 4.78 is 6.13. The Morgan fingerprint density at radius 1 is 1.21 bits per heavy atom. The first-order chi connectivity index (χ1) is 11.8. The molecule has 128 valence electrons. The lowest BCUT2D eigenvalue weighted by molar-refractivity contribution is 0.00894. The molecule has 5 heteroatoms. The summed E-state index contributed by atoms with van der Waals surface area (Å²) in [4.78, 5) is 12.3. The highest BCUT2D eigenvalue weighted by Crippen LogP contribution is 2.29. The van der Waals surface area contributed by atoms with Crippen LogP contribution in [0.5, 0.6) is 0 Å². The van der Waals surface area contributed by atoms with E-state index in [2.05, 4.69) is 39.9 Å². The summed E-state index contributed by atoms with van der Waals surface area (Å²) in [6.45, 7) is 7.31. The third-order valence-corrected chi connectivity index (χ3v) is 6.10. The molecule has 2 aromatic rings. The fourth-order valence-electron chi connectivity index (χ4n) is 3.93. The van der Waals surface area contributed by atoms with Gasteiger partial charge in [0.05, 0.1) is 30.6 Å². The molecule has 0 saturated carbocycles. The van der Waals surface area contributed by atoms with Gasteiger partial charge in [0.25, 0.3) is 0 Å². The maximum absolute atomic E-state index is 6.13. The van der Waals surface area contributed by atoms with E-state index in [1.54, 1.807) is 0 Å². The number of ether oxygens (including phenoxy) is 1. The maximum atomic E-state index is 6.13. The van der Waals surface area contributed by atoms with E-state index in [0.717, 1.165) is 45.6 Å². The van der Waals surface area contributed by atoms with Crippen molar-refractivity contribution in [1.29, 1.82) is 0 Å². The van der Waals surface area contributed by atoms with Gasteiger partial charge in [0, 0.05) is 42.1 Å². The van der Waals surface area contributed by atoms with Gasteiger partial charge < -0.3 is 9.64 Å². The normalized spacial score (nSPS) is 25.3. The van der Waals surface area contributed by atoms with E-state index < -0.39 is 0 Å². The Morgan fingerprint density at radius 2 is 2.12 bits per heavy atom. The number of aromatic nitrogens is 1. The Hall–Kier alpha value is -1.43. The molecule has 0 bridgehead atoms. The van der Waals surface area contributed by atoms with E-state index in [1.807, 2.05) is 29.8 Å². The van der Waals surface area contributed by atoms with Crippen LogP contribution in [0.1, 0.15) is 22.6 Å². The van der Waals surface area contributed by atoms with Crippen LogP contribution in [-0.2, 0) is 11.3 Å². The van der Waals surface area contributed by atoms with Crippen molar-refractivity contribution >= 4 is 17.0 Å². The van der Waals surface area contributed by atoms with E-state index in [9.17, 15) is 0 Å². The topological polar surface area (TPSA) is 28.6 Å². The van der Waals surface area contributed by atoms with Crippen molar-refractivity contribution in [2.24, 2.45) is 0 Å². The van der Waals surface area contributed by atoms with Crippen LogP contribution in [0.15, 0.2) is 36.7 Å². The summed E-state index contributed by atoms with van der Waals surface area (Å²) in [6.07, 6.45) is 6.45. The smallest absolute Gasteiger partial charge is 0.0791 e. The zero-order valence-corrected chi connectivity index (χ0v) is 15.0. The first-order valence-corrected chi connectivity index (χ1v) is 9.67. The Bertz CT molecular complexity index is 660. The van der Waals surface area contributed by atoms with Crippen molar-refractivity contribution in [2.75, 3.05) is 31.1 Å². The van der Waals surface area contributed by atoms with E-state index in [4.69, 9.17) is 4.74 Å². The highest BCUT2D eigenvalue weighted by atomic mass is 32.1. The second-order valence-corrected chi connectivity index (χ2v) is 8.12. The van der Waals surface area contributed by atoms with Gasteiger partial charge in [-0.15, -0.1) is 11.3 Å². The molecule has 2 saturated heterocycles. The second-order valence-electron chi connectivity index (χ2n) is 6.75. The molecule has 24 heavy (non-hydrogen) atoms. The number of morpholine rings is 1. The largest absolute Gasteiger partial charge is 0.374 e. The van der Waals surface area contributed by atoms with Gasteiger partial charge in [0.2, 0.25) is 0 Å². The molecule has 2 aromatic heterocycles. The fraction of sp³-hybridized carbons (Fsp3) is 0.526. The number of thiophene rings is 1. The molecule has 4 nitrogen and oxygen atoms in total. The Morgan fingerprint density at radius 3 is 2.92 bits per heavy atom. The number of rotatable bonds is 3. The molecule has 4 heterocycles. The van der Waals surface area contributed by atoms with Crippen molar-refractivity contribution in [1.82, 2.24) is 9.88 Å². The molecular formula is C19H25N3OS. The Labute approximate surface area is 148 Å². The molecule has 0 spiro atoms. The number of pyridine rings is 1. The van der Waals surface area contributed by atoms with Crippen molar-refractivity contribution in [3.63, 3.8) is 0 Å². The van der Waals surface area contributed by atoms with Gasteiger partial charge in [0.1, 0.15) is 0 Å². The highest BCUT2D eigenvalue weighted by molar-refractivity contribution is 7.11. The molecule has 0 unspecified atom stereocenters. The van der Waals surface area contributed by atoms with Crippen LogP contribution in [0.4, 0.5) is 5.69 Å². The Kier molecular flexibility index (Phi) is 4.83. The zero-order valence-electron chi connectivity index (χ0n) is 14.2. The SMILES string of the molecule is Cc1ccc(CN2CC[C@@H]3OCCN(c4cccnc4)[C@@H]3CC2)s1. The molecule has 2 fully saturated rings. The zero-order chi connectivity index (χ0) is 16.4. The van der Waals surface area contributed by atoms with Crippen LogP contribution in [0.3, 0.4) is 0 Å². The lowest BCUT2D eigenvalue weighted by Crippen LogP contribution is -2.51. The summed E-state index contributed by atoms with van der Waals surface area (Å²) in [5.74, 6) is 0. The summed E-state index contributed by atoms with van der Waals surface area (Å²) >= 11 is 1.92. The van der Waals surface area contributed by atoms with E-state index in [-0.39, 0.29) is 0 Å². The number of hydrogen-bond donors (Lipinski definition) is 0. The average molecular weight is 343 g/mol. The molecule has 0 radical (unpaired) electrons. The summed E-state index contributed by atoms with van der Waals surface area (Å²) in [6, 6.07) is 9.17. The average Bonchev–Trinajstić information content (AvgIpc) is 2.91. The predicted octanol–water partition coefficient (Wildman–Crippen LogP) is 3.32. The van der Waals surface area contributed by atoms with E-state index in [0.29, 0.717) is 12.1 Å². The summed E-state index contributed by atoms with van der Waals surface area (Å²) in [5, 5.41) is 0. The van der Waals surface area contributed by atoms with Crippen molar-refractivity contribution in [3.8, 4) is 0 Å². The fourth-order valence-corrected chi connectivity index (χ4v) is 4.86. The first-order valence-electron chi connectivity index (χ1n) is 8.85. The maximum Gasteiger partial charge on any atom is 0.0791 e. The molecule has 0 amide bonds. The number of anilines is 1. The molecule has 4 rings (SSSR count). The number of fused-ring (bicyclic) bond motifs is 1. The van der Waals surface area contributed by atoms with Gasteiger partial charge in [-0.3, -0.25) is 9.88 Å². The minimum atomic E-state index is 0.342. The van der Waals surface area contributed by atoms with Gasteiger partial charge in [-0.2, -0.15) is 0 Å². The van der Waals surface area contributed by atoms with Crippen molar-refractivity contribution < 1.29 is 4.74 Å². The number of hydrogen-bond acceptors (Lipinski definition) is 5. The van der Waals surface area contributed by atoms with E-state index >= 15 is 0 Å². The predicted molar refractivity (Wildman–Crippen MR) is 98.7 cm³/mol.